The molecule has 21 heavy (non-hydrogen) atoms. The van der Waals surface area contributed by atoms with Gasteiger partial charge in [0.2, 0.25) is 0 Å². The Morgan fingerprint density at radius 3 is 2.81 bits per heavy atom. The van der Waals surface area contributed by atoms with E-state index in [4.69, 9.17) is 19.0 Å². The summed E-state index contributed by atoms with van der Waals surface area (Å²) in [6.45, 7) is -0.234. The maximum Gasteiger partial charge on any atom is 0.339 e. The van der Waals surface area contributed by atoms with Crippen LogP contribution in [0.5, 0.6) is 11.5 Å². The zero-order valence-electron chi connectivity index (χ0n) is 10.9. The number of hydrogen-bond acceptors (Lipinski definition) is 6. The topological polar surface area (TPSA) is 112 Å². The number of methoxy groups -OCH3 is 1. The number of nitrogens with zero attached hydrogens (tertiary/aromatic N) is 1. The van der Waals surface area contributed by atoms with E-state index in [1.54, 1.807) is 0 Å². The predicted octanol–water partition coefficient (Wildman–Crippen LogP) is 2.47. The van der Waals surface area contributed by atoms with Crippen LogP contribution in [0.15, 0.2) is 34.9 Å². The van der Waals surface area contributed by atoms with E-state index in [-0.39, 0.29) is 29.4 Å². The molecule has 0 saturated carbocycles. The summed E-state index contributed by atoms with van der Waals surface area (Å²) in [4.78, 5) is 21.3. The summed E-state index contributed by atoms with van der Waals surface area (Å²) in [6.07, 6.45) is 1.21. The van der Waals surface area contributed by atoms with Gasteiger partial charge in [0.15, 0.2) is 11.5 Å². The van der Waals surface area contributed by atoms with Crippen molar-refractivity contribution in [1.82, 2.24) is 0 Å². The average molecular weight is 293 g/mol. The number of nitro groups is 1. The van der Waals surface area contributed by atoms with Crippen LogP contribution >= 0.6 is 0 Å². The molecule has 1 aromatic heterocycles. The highest BCUT2D eigenvalue weighted by Gasteiger charge is 2.19. The molecule has 8 heteroatoms. The third kappa shape index (κ3) is 3.11. The Balaban J connectivity index is 2.21. The lowest BCUT2D eigenvalue weighted by molar-refractivity contribution is -0.386. The molecule has 0 aliphatic heterocycles. The number of carbonyl (C=O) groups is 1. The largest absolute Gasteiger partial charge is 0.496 e. The molecule has 2 rings (SSSR count). The molecule has 8 nitrogen and oxygen atoms in total. The minimum Gasteiger partial charge on any atom is -0.496 e. The van der Waals surface area contributed by atoms with Crippen molar-refractivity contribution < 1.29 is 28.7 Å². The molecule has 0 bridgehead atoms. The first-order valence-corrected chi connectivity index (χ1v) is 5.78. The highest BCUT2D eigenvalue weighted by molar-refractivity contribution is 5.88. The second-order valence-corrected chi connectivity index (χ2v) is 3.94. The van der Waals surface area contributed by atoms with Crippen molar-refractivity contribution in [3.63, 3.8) is 0 Å². The van der Waals surface area contributed by atoms with E-state index < -0.39 is 10.9 Å². The van der Waals surface area contributed by atoms with E-state index >= 15 is 0 Å². The van der Waals surface area contributed by atoms with Crippen LogP contribution in [0.25, 0.3) is 0 Å². The Kier molecular flexibility index (Phi) is 4.07. The fourth-order valence-electron chi connectivity index (χ4n) is 1.68. The Bertz CT molecular complexity index is 677. The SMILES string of the molecule is COc1ccc(OCc2occc2C(=O)O)c([N+](=O)[O-])c1. The molecule has 0 saturated heterocycles. The highest BCUT2D eigenvalue weighted by Crippen LogP contribution is 2.31. The Hall–Kier alpha value is -3.03. The summed E-state index contributed by atoms with van der Waals surface area (Å²) in [5.74, 6) is -0.772. The average Bonchev–Trinajstić information content (AvgIpc) is 2.93. The summed E-state index contributed by atoms with van der Waals surface area (Å²) in [5, 5.41) is 19.9. The van der Waals surface area contributed by atoms with Crippen LogP contribution in [0, 0.1) is 10.1 Å². The molecule has 0 amide bonds. The summed E-state index contributed by atoms with van der Waals surface area (Å²) < 4.78 is 15.2. The van der Waals surface area contributed by atoms with Crippen molar-refractivity contribution in [2.24, 2.45) is 0 Å². The zero-order valence-corrected chi connectivity index (χ0v) is 10.9. The third-order valence-electron chi connectivity index (χ3n) is 2.70. The number of ether oxygens (including phenoxy) is 2. The van der Waals surface area contributed by atoms with Crippen LogP contribution in [0.2, 0.25) is 0 Å². The number of aromatic carboxylic acids is 1. The van der Waals surface area contributed by atoms with Gasteiger partial charge in [-0.05, 0) is 18.2 Å². The lowest BCUT2D eigenvalue weighted by Gasteiger charge is -2.07. The van der Waals surface area contributed by atoms with Gasteiger partial charge >= 0.3 is 11.7 Å². The van der Waals surface area contributed by atoms with Gasteiger partial charge in [-0.2, -0.15) is 0 Å². The summed E-state index contributed by atoms with van der Waals surface area (Å²) >= 11 is 0. The van der Waals surface area contributed by atoms with E-state index in [0.717, 1.165) is 0 Å². The van der Waals surface area contributed by atoms with Crippen molar-refractivity contribution in [3.05, 3.63) is 52.0 Å². The number of nitro benzene ring substituents is 1. The fraction of sp³-hybridized carbons (Fsp3) is 0.154. The lowest BCUT2D eigenvalue weighted by Crippen LogP contribution is -2.04. The Morgan fingerprint density at radius 2 is 2.19 bits per heavy atom. The minimum atomic E-state index is -1.16. The van der Waals surface area contributed by atoms with Gasteiger partial charge < -0.3 is 19.0 Å². The minimum absolute atomic E-state index is 0.00598. The number of benzene rings is 1. The van der Waals surface area contributed by atoms with Gasteiger partial charge in [0, 0.05) is 0 Å². The molecule has 0 radical (unpaired) electrons. The van der Waals surface area contributed by atoms with Crippen LogP contribution in [-0.2, 0) is 6.61 Å². The van der Waals surface area contributed by atoms with Gasteiger partial charge in [0.05, 0.1) is 24.4 Å². The highest BCUT2D eigenvalue weighted by atomic mass is 16.6. The first-order valence-electron chi connectivity index (χ1n) is 5.78. The second kappa shape index (κ2) is 5.95. The molecule has 1 N–H and O–H groups in total. The van der Waals surface area contributed by atoms with Gasteiger partial charge in [0.1, 0.15) is 17.9 Å². The van der Waals surface area contributed by atoms with E-state index in [1.165, 1.54) is 37.6 Å². The lowest BCUT2D eigenvalue weighted by atomic mass is 10.2. The fourth-order valence-corrected chi connectivity index (χ4v) is 1.68. The van der Waals surface area contributed by atoms with Crippen molar-refractivity contribution in [3.8, 4) is 11.5 Å². The molecule has 1 aromatic carbocycles. The number of carboxylic acids is 1. The van der Waals surface area contributed by atoms with Crippen molar-refractivity contribution in [1.29, 1.82) is 0 Å². The molecular formula is C13H11NO7. The summed E-state index contributed by atoms with van der Waals surface area (Å²) in [5.41, 5.74) is -0.330. The van der Waals surface area contributed by atoms with Gasteiger partial charge in [0.25, 0.3) is 0 Å². The molecule has 110 valence electrons. The van der Waals surface area contributed by atoms with Crippen molar-refractivity contribution >= 4 is 11.7 Å². The van der Waals surface area contributed by atoms with E-state index in [1.807, 2.05) is 0 Å². The predicted molar refractivity (Wildman–Crippen MR) is 69.6 cm³/mol. The molecule has 0 spiro atoms. The van der Waals surface area contributed by atoms with Gasteiger partial charge in [-0.1, -0.05) is 0 Å². The Labute approximate surface area is 118 Å². The van der Waals surface area contributed by atoms with Crippen LogP contribution < -0.4 is 9.47 Å². The normalized spacial score (nSPS) is 10.1. The third-order valence-corrected chi connectivity index (χ3v) is 2.70. The smallest absolute Gasteiger partial charge is 0.339 e. The summed E-state index contributed by atoms with van der Waals surface area (Å²) in [6, 6.07) is 5.38. The number of hydrogen-bond donors (Lipinski definition) is 1. The molecule has 0 atom stereocenters. The van der Waals surface area contributed by atoms with Gasteiger partial charge in [-0.25, -0.2) is 4.79 Å². The van der Waals surface area contributed by atoms with E-state index in [9.17, 15) is 14.9 Å². The zero-order chi connectivity index (χ0) is 15.4. The molecule has 0 aliphatic carbocycles. The Morgan fingerprint density at radius 1 is 1.43 bits per heavy atom. The molecule has 0 unspecified atom stereocenters. The van der Waals surface area contributed by atoms with Gasteiger partial charge in [-0.3, -0.25) is 10.1 Å². The van der Waals surface area contributed by atoms with Crippen molar-refractivity contribution in [2.75, 3.05) is 7.11 Å². The standard InChI is InChI=1S/C13H11NO7/c1-19-8-2-3-11(10(6-8)14(17)18)21-7-12-9(13(15)16)4-5-20-12/h2-6H,7H2,1H3,(H,15,16). The molecule has 0 fully saturated rings. The first kappa shape index (κ1) is 14.4. The van der Waals surface area contributed by atoms with Crippen LogP contribution in [0.3, 0.4) is 0 Å². The van der Waals surface area contributed by atoms with Crippen LogP contribution in [-0.4, -0.2) is 23.1 Å². The maximum absolute atomic E-state index is 11.0. The van der Waals surface area contributed by atoms with Crippen LogP contribution in [0.1, 0.15) is 16.1 Å². The van der Waals surface area contributed by atoms with Crippen molar-refractivity contribution in [2.45, 2.75) is 6.61 Å². The quantitative estimate of drug-likeness (QED) is 0.643. The number of rotatable bonds is 6. The maximum atomic E-state index is 11.0. The second-order valence-electron chi connectivity index (χ2n) is 3.94. The molecule has 0 aliphatic rings. The summed E-state index contributed by atoms with van der Waals surface area (Å²) in [7, 11) is 1.39. The number of furan rings is 1. The molecule has 2 aromatic rings. The van der Waals surface area contributed by atoms with Crippen LogP contribution in [0.4, 0.5) is 5.69 Å². The monoisotopic (exact) mass is 293 g/mol. The first-order chi connectivity index (χ1) is 10.0. The number of carboxylic acid groups (broad SMARTS) is 1. The molecule has 1 heterocycles. The molecular weight excluding hydrogens is 282 g/mol. The van der Waals surface area contributed by atoms with Gasteiger partial charge in [-0.15, -0.1) is 0 Å². The van der Waals surface area contributed by atoms with E-state index in [2.05, 4.69) is 0 Å². The van der Waals surface area contributed by atoms with E-state index in [0.29, 0.717) is 5.75 Å².